The van der Waals surface area contributed by atoms with Crippen LogP contribution in [-0.4, -0.2) is 47.0 Å². The molecule has 2 aromatic carbocycles. The summed E-state index contributed by atoms with van der Waals surface area (Å²) in [6, 6.07) is 17.4. The van der Waals surface area contributed by atoms with Crippen LogP contribution in [0, 0.1) is 0 Å². The number of nitrogens with one attached hydrogen (secondary N) is 4. The van der Waals surface area contributed by atoms with Gasteiger partial charge in [-0.1, -0.05) is 44.2 Å². The van der Waals surface area contributed by atoms with Crippen LogP contribution >= 0.6 is 0 Å². The Labute approximate surface area is 259 Å². The molecule has 5 rings (SSSR count). The fraction of sp³-hybridized carbons (Fsp3) is 0.412. The first-order valence-corrected chi connectivity index (χ1v) is 15.1. The van der Waals surface area contributed by atoms with Gasteiger partial charge in [0.15, 0.2) is 0 Å². The van der Waals surface area contributed by atoms with E-state index >= 15 is 0 Å². The zero-order valence-corrected chi connectivity index (χ0v) is 25.9. The number of urea groups is 1. The van der Waals surface area contributed by atoms with Gasteiger partial charge >= 0.3 is 6.03 Å². The molecule has 0 spiro atoms. The number of anilines is 1. The van der Waals surface area contributed by atoms with Crippen molar-refractivity contribution < 1.29 is 19.1 Å². The maximum absolute atomic E-state index is 12.7. The number of fused-ring (bicyclic) bond motifs is 1. The van der Waals surface area contributed by atoms with Gasteiger partial charge in [-0.15, -0.1) is 0 Å². The van der Waals surface area contributed by atoms with E-state index in [1.165, 1.54) is 11.1 Å². The maximum atomic E-state index is 12.7. The largest absolute Gasteiger partial charge is 0.361 e. The summed E-state index contributed by atoms with van der Waals surface area (Å²) >= 11 is 0. The molecular formula is C34H42N6O4. The summed E-state index contributed by atoms with van der Waals surface area (Å²) in [6.07, 6.45) is 4.43. The molecule has 4 amide bonds. The Morgan fingerprint density at radius 2 is 1.75 bits per heavy atom. The summed E-state index contributed by atoms with van der Waals surface area (Å²) in [5.41, 5.74) is 5.78. The quantitative estimate of drug-likeness (QED) is 0.271. The highest BCUT2D eigenvalue weighted by atomic mass is 16.5. The molecule has 1 fully saturated rings. The number of pyridine rings is 1. The summed E-state index contributed by atoms with van der Waals surface area (Å²) in [7, 11) is 0. The predicted octanol–water partition coefficient (Wildman–Crippen LogP) is 4.30. The molecule has 1 unspecified atom stereocenters. The number of nitrogens with zero attached hydrogens (tertiary/aromatic N) is 2. The van der Waals surface area contributed by atoms with Gasteiger partial charge in [0, 0.05) is 55.1 Å². The number of hydrogen-bond acceptors (Lipinski definition) is 7. The first-order valence-electron chi connectivity index (χ1n) is 15.1. The third kappa shape index (κ3) is 7.68. The van der Waals surface area contributed by atoms with Gasteiger partial charge in [-0.05, 0) is 72.4 Å². The molecule has 0 aliphatic carbocycles. The second kappa shape index (κ2) is 13.3. The lowest BCUT2D eigenvalue weighted by atomic mass is 9.83. The molecule has 232 valence electrons. The van der Waals surface area contributed by atoms with E-state index in [1.54, 1.807) is 0 Å². The van der Waals surface area contributed by atoms with E-state index in [0.717, 1.165) is 23.2 Å². The molecule has 3 heterocycles. The molecule has 0 bridgehead atoms. The molecule has 1 atom stereocenters. The number of carbonyl (C=O) groups is 3. The van der Waals surface area contributed by atoms with Gasteiger partial charge in [0.05, 0.1) is 12.6 Å². The average molecular weight is 599 g/mol. The number of imide groups is 1. The molecule has 3 aromatic rings. The van der Waals surface area contributed by atoms with Crippen molar-refractivity contribution in [1.82, 2.24) is 25.8 Å². The molecule has 2 aliphatic heterocycles. The Kier molecular flexibility index (Phi) is 9.43. The molecule has 10 nitrogen and oxygen atoms in total. The SMILES string of the molecule is CC(C)(CNC(C)(C)c1ccncc1)c1ccc(NC(=O)NCc2ccc3c(c2)CN(C2CCC(=O)NC2=O)COC3)cc1. The van der Waals surface area contributed by atoms with E-state index in [0.29, 0.717) is 45.0 Å². The molecule has 1 saturated heterocycles. The van der Waals surface area contributed by atoms with Crippen molar-refractivity contribution >= 4 is 23.5 Å². The van der Waals surface area contributed by atoms with Crippen LogP contribution in [0.1, 0.15) is 68.4 Å². The topological polar surface area (TPSA) is 125 Å². The van der Waals surface area contributed by atoms with Gasteiger partial charge in [-0.3, -0.25) is 24.8 Å². The number of carbonyl (C=O) groups excluding carboxylic acids is 3. The minimum atomic E-state index is -0.404. The zero-order chi connectivity index (χ0) is 31.3. The second-order valence-corrected chi connectivity index (χ2v) is 12.8. The van der Waals surface area contributed by atoms with Gasteiger partial charge in [-0.2, -0.15) is 0 Å². The lowest BCUT2D eigenvalue weighted by molar-refractivity contribution is -0.140. The van der Waals surface area contributed by atoms with Crippen LogP contribution in [0.3, 0.4) is 0 Å². The summed E-state index contributed by atoms with van der Waals surface area (Å²) in [5.74, 6) is -0.510. The Balaban J connectivity index is 1.13. The van der Waals surface area contributed by atoms with E-state index in [-0.39, 0.29) is 28.8 Å². The van der Waals surface area contributed by atoms with Gasteiger partial charge < -0.3 is 20.7 Å². The number of amides is 4. The molecule has 44 heavy (non-hydrogen) atoms. The van der Waals surface area contributed by atoms with Crippen LogP contribution in [0.15, 0.2) is 67.0 Å². The highest BCUT2D eigenvalue weighted by Gasteiger charge is 2.33. The number of benzene rings is 2. The molecule has 10 heteroatoms. The van der Waals surface area contributed by atoms with Crippen molar-refractivity contribution in [1.29, 1.82) is 0 Å². The van der Waals surface area contributed by atoms with E-state index in [9.17, 15) is 14.4 Å². The number of hydrogen-bond donors (Lipinski definition) is 4. The summed E-state index contributed by atoms with van der Waals surface area (Å²) < 4.78 is 5.82. The number of rotatable bonds is 9. The van der Waals surface area contributed by atoms with Crippen molar-refractivity contribution in [2.75, 3.05) is 18.6 Å². The van der Waals surface area contributed by atoms with Crippen LogP contribution in [0.4, 0.5) is 10.5 Å². The van der Waals surface area contributed by atoms with Crippen molar-refractivity contribution in [2.45, 2.75) is 77.2 Å². The number of aromatic nitrogens is 1. The van der Waals surface area contributed by atoms with Crippen molar-refractivity contribution in [2.24, 2.45) is 0 Å². The lowest BCUT2D eigenvalue weighted by Gasteiger charge is -2.33. The molecule has 0 radical (unpaired) electrons. The fourth-order valence-corrected chi connectivity index (χ4v) is 5.62. The Hall–Kier alpha value is -4.12. The highest BCUT2D eigenvalue weighted by Crippen LogP contribution is 2.27. The van der Waals surface area contributed by atoms with E-state index in [2.05, 4.69) is 66.1 Å². The Morgan fingerprint density at radius 1 is 1.00 bits per heavy atom. The van der Waals surface area contributed by atoms with E-state index < -0.39 is 6.04 Å². The molecular weight excluding hydrogens is 556 g/mol. The Morgan fingerprint density at radius 3 is 2.48 bits per heavy atom. The van der Waals surface area contributed by atoms with Gasteiger partial charge in [0.25, 0.3) is 0 Å². The molecule has 4 N–H and O–H groups in total. The monoisotopic (exact) mass is 598 g/mol. The highest BCUT2D eigenvalue weighted by molar-refractivity contribution is 6.00. The third-order valence-corrected chi connectivity index (χ3v) is 8.56. The van der Waals surface area contributed by atoms with Crippen molar-refractivity contribution in [3.05, 3.63) is 94.8 Å². The van der Waals surface area contributed by atoms with Gasteiger partial charge in [-0.25, -0.2) is 4.79 Å². The normalized spacial score (nSPS) is 17.8. The number of piperidine rings is 1. The zero-order valence-electron chi connectivity index (χ0n) is 25.9. The molecule has 1 aromatic heterocycles. The minimum absolute atomic E-state index is 0.130. The summed E-state index contributed by atoms with van der Waals surface area (Å²) in [6.45, 7) is 11.1. The van der Waals surface area contributed by atoms with Gasteiger partial charge in [0.1, 0.15) is 6.73 Å². The summed E-state index contributed by atoms with van der Waals surface area (Å²) in [5, 5.41) is 12.0. The van der Waals surface area contributed by atoms with Crippen LogP contribution in [0.25, 0.3) is 0 Å². The van der Waals surface area contributed by atoms with E-state index in [1.807, 2.05) is 59.8 Å². The van der Waals surface area contributed by atoms with Crippen molar-refractivity contribution in [3.63, 3.8) is 0 Å². The van der Waals surface area contributed by atoms with E-state index in [4.69, 9.17) is 4.74 Å². The third-order valence-electron chi connectivity index (χ3n) is 8.56. The molecule has 2 aliphatic rings. The first kappa shape index (κ1) is 31.3. The van der Waals surface area contributed by atoms with Crippen molar-refractivity contribution in [3.8, 4) is 0 Å². The molecule has 0 saturated carbocycles. The second-order valence-electron chi connectivity index (χ2n) is 12.8. The van der Waals surface area contributed by atoms with Gasteiger partial charge in [0.2, 0.25) is 11.8 Å². The maximum Gasteiger partial charge on any atom is 0.319 e. The van der Waals surface area contributed by atoms with Crippen LogP contribution in [0.5, 0.6) is 0 Å². The average Bonchev–Trinajstić information content (AvgIpc) is 3.22. The lowest BCUT2D eigenvalue weighted by Crippen LogP contribution is -2.52. The standard InChI is InChI=1S/C34H42N6O4/c1-33(2,21-37-34(3,4)27-13-15-35-16-14-27)26-7-9-28(10-8-26)38-32(43)36-18-23-5-6-24-20-44-22-40(19-25(24)17-23)29-11-12-30(41)39-31(29)42/h5-10,13-17,29,37H,11-12,18-22H2,1-4H3,(H2,36,38,43)(H,39,41,42). The smallest absolute Gasteiger partial charge is 0.319 e. The van der Waals surface area contributed by atoms with Crippen LogP contribution in [0.2, 0.25) is 0 Å². The predicted molar refractivity (Wildman–Crippen MR) is 168 cm³/mol. The van der Waals surface area contributed by atoms with Crippen LogP contribution in [-0.2, 0) is 45.0 Å². The first-order chi connectivity index (χ1) is 21.0. The summed E-state index contributed by atoms with van der Waals surface area (Å²) in [4.78, 5) is 42.8. The minimum Gasteiger partial charge on any atom is -0.361 e. The number of ether oxygens (including phenoxy) is 1. The fourth-order valence-electron chi connectivity index (χ4n) is 5.62. The van der Waals surface area contributed by atoms with Crippen LogP contribution < -0.4 is 21.3 Å². The Bertz CT molecular complexity index is 1490.